The van der Waals surface area contributed by atoms with Gasteiger partial charge < -0.3 is 14.6 Å². The van der Waals surface area contributed by atoms with Crippen molar-refractivity contribution >= 4 is 17.7 Å². The predicted octanol–water partition coefficient (Wildman–Crippen LogP) is 3.74. The molecular formula is C25H36O6. The Morgan fingerprint density at radius 2 is 1.77 bits per heavy atom. The number of rotatable bonds is 4. The molecule has 31 heavy (non-hydrogen) atoms. The molecule has 0 aliphatic heterocycles. The molecule has 0 saturated heterocycles. The van der Waals surface area contributed by atoms with Crippen LogP contribution in [0, 0.1) is 28.6 Å². The van der Waals surface area contributed by atoms with Gasteiger partial charge in [0.15, 0.2) is 11.9 Å². The summed E-state index contributed by atoms with van der Waals surface area (Å²) in [5.74, 6) is 0.657. The van der Waals surface area contributed by atoms with Crippen LogP contribution in [-0.4, -0.2) is 41.1 Å². The summed E-state index contributed by atoms with van der Waals surface area (Å²) in [6, 6.07) is 0. The van der Waals surface area contributed by atoms with Crippen LogP contribution in [0.3, 0.4) is 0 Å². The number of hydrogen-bond donors (Lipinski definition) is 1. The highest BCUT2D eigenvalue weighted by Crippen LogP contribution is 2.68. The molecule has 0 unspecified atom stereocenters. The van der Waals surface area contributed by atoms with Gasteiger partial charge in [-0.25, -0.2) is 0 Å². The summed E-state index contributed by atoms with van der Waals surface area (Å²) in [6.07, 6.45) is 7.84. The van der Waals surface area contributed by atoms with E-state index in [4.69, 9.17) is 9.47 Å². The largest absolute Gasteiger partial charge is 0.462 e. The Morgan fingerprint density at radius 1 is 1.06 bits per heavy atom. The molecule has 6 heteroatoms. The number of carbonyl (C=O) groups excluding carboxylic acids is 3. The van der Waals surface area contributed by atoms with Gasteiger partial charge in [-0.2, -0.15) is 0 Å². The number of aliphatic hydroxyl groups is 1. The second-order valence-electron chi connectivity index (χ2n) is 10.8. The Bertz CT molecular complexity index is 817. The third kappa shape index (κ3) is 3.46. The molecule has 0 aromatic carbocycles. The van der Waals surface area contributed by atoms with Crippen molar-refractivity contribution in [2.75, 3.05) is 6.61 Å². The van der Waals surface area contributed by atoms with E-state index in [0.29, 0.717) is 30.6 Å². The van der Waals surface area contributed by atoms with Crippen molar-refractivity contribution in [3.8, 4) is 0 Å². The lowest BCUT2D eigenvalue weighted by Gasteiger charge is -2.59. The van der Waals surface area contributed by atoms with Crippen LogP contribution in [0.5, 0.6) is 0 Å². The first-order valence-electron chi connectivity index (χ1n) is 11.8. The predicted molar refractivity (Wildman–Crippen MR) is 114 cm³/mol. The minimum Gasteiger partial charge on any atom is -0.462 e. The van der Waals surface area contributed by atoms with E-state index in [1.165, 1.54) is 19.4 Å². The second kappa shape index (κ2) is 7.72. The number of ketones is 1. The first kappa shape index (κ1) is 22.5. The maximum Gasteiger partial charge on any atom is 0.303 e. The van der Waals surface area contributed by atoms with Crippen LogP contribution < -0.4 is 0 Å². The van der Waals surface area contributed by atoms with Crippen molar-refractivity contribution < 1.29 is 29.0 Å². The first-order valence-corrected chi connectivity index (χ1v) is 11.8. The smallest absolute Gasteiger partial charge is 0.303 e. The quantitative estimate of drug-likeness (QED) is 0.681. The van der Waals surface area contributed by atoms with Crippen molar-refractivity contribution in [1.29, 1.82) is 0 Å². The summed E-state index contributed by atoms with van der Waals surface area (Å²) < 4.78 is 10.7. The van der Waals surface area contributed by atoms with Gasteiger partial charge >= 0.3 is 11.9 Å². The fraction of sp³-hybridized carbons (Fsp3) is 0.800. The normalized spacial score (nSPS) is 42.5. The molecular weight excluding hydrogens is 396 g/mol. The molecule has 4 aliphatic carbocycles. The van der Waals surface area contributed by atoms with Gasteiger partial charge in [0.05, 0.1) is 0 Å². The molecule has 0 aromatic heterocycles. The third-order valence-electron chi connectivity index (χ3n) is 9.46. The maximum absolute atomic E-state index is 12.0. The summed E-state index contributed by atoms with van der Waals surface area (Å²) in [7, 11) is 0. The number of hydrogen-bond acceptors (Lipinski definition) is 6. The van der Waals surface area contributed by atoms with Gasteiger partial charge in [-0.05, 0) is 74.2 Å². The lowest BCUT2D eigenvalue weighted by atomic mass is 9.46. The maximum atomic E-state index is 12.0. The summed E-state index contributed by atoms with van der Waals surface area (Å²) in [5.41, 5.74) is -0.222. The molecule has 172 valence electrons. The fourth-order valence-electron chi connectivity index (χ4n) is 7.80. The molecule has 7 atom stereocenters. The zero-order chi connectivity index (χ0) is 22.6. The summed E-state index contributed by atoms with van der Waals surface area (Å²) in [4.78, 5) is 35.3. The molecule has 0 amide bonds. The van der Waals surface area contributed by atoms with E-state index < -0.39 is 29.1 Å². The van der Waals surface area contributed by atoms with Crippen molar-refractivity contribution in [3.05, 3.63) is 11.6 Å². The number of fused-ring (bicyclic) bond motifs is 5. The molecule has 0 radical (unpaired) electrons. The summed E-state index contributed by atoms with van der Waals surface area (Å²) >= 11 is 0. The van der Waals surface area contributed by atoms with E-state index in [9.17, 15) is 19.5 Å². The average molecular weight is 433 g/mol. The Balaban J connectivity index is 1.63. The average Bonchev–Trinajstić information content (AvgIpc) is 2.97. The topological polar surface area (TPSA) is 89.9 Å². The van der Waals surface area contributed by atoms with Gasteiger partial charge in [0.1, 0.15) is 12.2 Å². The highest BCUT2D eigenvalue weighted by molar-refractivity contribution is 5.91. The van der Waals surface area contributed by atoms with Crippen LogP contribution in [0.4, 0.5) is 0 Å². The van der Waals surface area contributed by atoms with Gasteiger partial charge in [0.25, 0.3) is 0 Å². The Labute approximate surface area is 184 Å². The van der Waals surface area contributed by atoms with Crippen molar-refractivity contribution in [2.24, 2.45) is 28.6 Å². The SMILES string of the molecule is CC(=O)OC[C@@H](OC(C)=O)[C@@]1(O)CC[C@H]2[C@@H]3CCC4=CC(=O)CC[C@]4(C)[C@H]3CC[C@@]21C. The third-order valence-corrected chi connectivity index (χ3v) is 9.46. The van der Waals surface area contributed by atoms with Crippen molar-refractivity contribution in [2.45, 2.75) is 90.8 Å². The van der Waals surface area contributed by atoms with Crippen LogP contribution >= 0.6 is 0 Å². The lowest BCUT2D eigenvalue weighted by Crippen LogP contribution is -2.60. The van der Waals surface area contributed by atoms with Crippen molar-refractivity contribution in [3.63, 3.8) is 0 Å². The van der Waals surface area contributed by atoms with E-state index >= 15 is 0 Å². The molecule has 3 saturated carbocycles. The van der Waals surface area contributed by atoms with Gasteiger partial charge in [-0.1, -0.05) is 19.4 Å². The van der Waals surface area contributed by atoms with Crippen LogP contribution in [0.1, 0.15) is 79.1 Å². The number of carbonyl (C=O) groups is 3. The molecule has 6 nitrogen and oxygen atoms in total. The molecule has 0 aromatic rings. The van der Waals surface area contributed by atoms with Gasteiger partial charge in [0.2, 0.25) is 0 Å². The zero-order valence-corrected chi connectivity index (χ0v) is 19.2. The highest BCUT2D eigenvalue weighted by Gasteiger charge is 2.66. The minimum absolute atomic E-state index is 0.0753. The molecule has 0 bridgehead atoms. The van der Waals surface area contributed by atoms with Crippen LogP contribution in [0.15, 0.2) is 11.6 Å². The molecule has 4 rings (SSSR count). The minimum atomic E-state index is -1.22. The fourth-order valence-corrected chi connectivity index (χ4v) is 7.80. The molecule has 1 N–H and O–H groups in total. The Hall–Kier alpha value is -1.69. The highest BCUT2D eigenvalue weighted by atomic mass is 16.6. The van der Waals surface area contributed by atoms with Gasteiger partial charge in [0, 0.05) is 25.7 Å². The monoisotopic (exact) mass is 432 g/mol. The summed E-state index contributed by atoms with van der Waals surface area (Å²) in [6.45, 7) is 7.02. The number of ether oxygens (including phenoxy) is 2. The van der Waals surface area contributed by atoms with Crippen LogP contribution in [0.2, 0.25) is 0 Å². The summed E-state index contributed by atoms with van der Waals surface area (Å²) in [5, 5.41) is 12.0. The molecule has 3 fully saturated rings. The molecule has 4 aliphatic rings. The number of allylic oxidation sites excluding steroid dienone is 1. The zero-order valence-electron chi connectivity index (χ0n) is 19.2. The van der Waals surface area contributed by atoms with E-state index in [0.717, 1.165) is 38.5 Å². The van der Waals surface area contributed by atoms with Crippen molar-refractivity contribution in [1.82, 2.24) is 0 Å². The van der Waals surface area contributed by atoms with Gasteiger partial charge in [-0.3, -0.25) is 14.4 Å². The lowest BCUT2D eigenvalue weighted by molar-refractivity contribution is -0.207. The van der Waals surface area contributed by atoms with E-state index in [1.807, 2.05) is 6.08 Å². The van der Waals surface area contributed by atoms with Gasteiger partial charge in [-0.15, -0.1) is 0 Å². The standard InChI is InChI=1S/C25H36O6/c1-15(26)30-14-22(31-16(2)27)25(29)12-9-21-19-6-5-17-13-18(28)7-10-23(17,3)20(19)8-11-24(21,25)4/h13,19-22,29H,5-12,14H2,1-4H3/t19-,20+,21+,22-,23+,24+,25+/m1/s1. The Kier molecular flexibility index (Phi) is 5.60. The second-order valence-corrected chi connectivity index (χ2v) is 10.8. The molecule has 0 heterocycles. The van der Waals surface area contributed by atoms with E-state index in [2.05, 4.69) is 13.8 Å². The Morgan fingerprint density at radius 3 is 2.45 bits per heavy atom. The van der Waals surface area contributed by atoms with E-state index in [1.54, 1.807) is 0 Å². The van der Waals surface area contributed by atoms with Crippen LogP contribution in [-0.2, 0) is 23.9 Å². The first-order chi connectivity index (χ1) is 14.5. The number of esters is 2. The van der Waals surface area contributed by atoms with E-state index in [-0.39, 0.29) is 17.8 Å². The van der Waals surface area contributed by atoms with Crippen LogP contribution in [0.25, 0.3) is 0 Å². The molecule has 0 spiro atoms.